The normalized spacial score (nSPS) is 17.9. The van der Waals surface area contributed by atoms with Gasteiger partial charge in [0.1, 0.15) is 5.75 Å². The Morgan fingerprint density at radius 1 is 1.40 bits per heavy atom. The van der Waals surface area contributed by atoms with Crippen molar-refractivity contribution in [3.8, 4) is 5.75 Å². The Morgan fingerprint density at radius 3 is 2.80 bits per heavy atom. The van der Waals surface area contributed by atoms with Gasteiger partial charge >= 0.3 is 0 Å². The van der Waals surface area contributed by atoms with E-state index in [0.717, 1.165) is 0 Å². The summed E-state index contributed by atoms with van der Waals surface area (Å²) in [7, 11) is 0. The van der Waals surface area contributed by atoms with Gasteiger partial charge < -0.3 is 5.11 Å². The molecule has 0 aromatic carbocycles. The summed E-state index contributed by atoms with van der Waals surface area (Å²) in [6.45, 7) is 0.694. The van der Waals surface area contributed by atoms with Gasteiger partial charge in [0.05, 0.1) is 6.20 Å². The molecule has 0 spiro atoms. The first-order valence-corrected chi connectivity index (χ1v) is 5.52. The molecule has 1 aliphatic carbocycles. The molecule has 4 nitrogen and oxygen atoms in total. The summed E-state index contributed by atoms with van der Waals surface area (Å²) in [4.78, 5) is 11.5. The van der Waals surface area contributed by atoms with E-state index in [-0.39, 0.29) is 11.3 Å². The monoisotopic (exact) mass is 208 g/mol. The predicted molar refractivity (Wildman–Crippen MR) is 56.7 cm³/mol. The summed E-state index contributed by atoms with van der Waals surface area (Å²) in [5.41, 5.74) is -0.208. The van der Waals surface area contributed by atoms with Crippen molar-refractivity contribution in [2.75, 3.05) is 0 Å². The Balaban J connectivity index is 2.06. The molecule has 1 saturated carbocycles. The van der Waals surface area contributed by atoms with Crippen LogP contribution in [0.2, 0.25) is 0 Å². The molecule has 0 bridgehead atoms. The number of rotatable bonds is 2. The number of nitrogens with zero attached hydrogens (tertiary/aromatic N) is 2. The highest BCUT2D eigenvalue weighted by Gasteiger charge is 2.14. The summed E-state index contributed by atoms with van der Waals surface area (Å²) in [5.74, 6) is 0.522. The number of aromatic hydroxyl groups is 1. The van der Waals surface area contributed by atoms with E-state index in [4.69, 9.17) is 5.11 Å². The molecule has 0 saturated heterocycles. The van der Waals surface area contributed by atoms with E-state index in [1.807, 2.05) is 0 Å². The number of hydrogen-bond acceptors (Lipinski definition) is 3. The van der Waals surface area contributed by atoms with Crippen LogP contribution < -0.4 is 5.56 Å². The molecule has 82 valence electrons. The summed E-state index contributed by atoms with van der Waals surface area (Å²) in [5, 5.41) is 13.0. The SMILES string of the molecule is O=c1cc(O)cnn1CC1CCCCC1. The van der Waals surface area contributed by atoms with Crippen molar-refractivity contribution in [1.29, 1.82) is 0 Å². The molecule has 0 radical (unpaired) electrons. The van der Waals surface area contributed by atoms with Crippen molar-refractivity contribution >= 4 is 0 Å². The van der Waals surface area contributed by atoms with Crippen LogP contribution in [0.1, 0.15) is 32.1 Å². The molecular formula is C11H16N2O2. The van der Waals surface area contributed by atoms with Crippen LogP contribution in [0.4, 0.5) is 0 Å². The maximum absolute atomic E-state index is 11.5. The molecule has 1 aromatic heterocycles. The largest absolute Gasteiger partial charge is 0.506 e. The zero-order valence-corrected chi connectivity index (χ0v) is 8.72. The fourth-order valence-electron chi connectivity index (χ4n) is 2.18. The Labute approximate surface area is 88.6 Å². The molecule has 15 heavy (non-hydrogen) atoms. The molecule has 1 fully saturated rings. The van der Waals surface area contributed by atoms with Crippen molar-refractivity contribution in [3.63, 3.8) is 0 Å². The Morgan fingerprint density at radius 2 is 2.13 bits per heavy atom. The average molecular weight is 208 g/mol. The lowest BCUT2D eigenvalue weighted by molar-refractivity contribution is 0.301. The van der Waals surface area contributed by atoms with Crippen LogP contribution in [-0.4, -0.2) is 14.9 Å². The molecule has 0 amide bonds. The van der Waals surface area contributed by atoms with E-state index < -0.39 is 0 Å². The van der Waals surface area contributed by atoms with Gasteiger partial charge in [-0.3, -0.25) is 4.79 Å². The third-order valence-electron chi connectivity index (χ3n) is 3.01. The molecule has 0 aliphatic heterocycles. The smallest absolute Gasteiger partial charge is 0.270 e. The summed E-state index contributed by atoms with van der Waals surface area (Å²) >= 11 is 0. The van der Waals surface area contributed by atoms with Crippen LogP contribution in [0.25, 0.3) is 0 Å². The molecule has 2 rings (SSSR count). The molecular weight excluding hydrogens is 192 g/mol. The van der Waals surface area contributed by atoms with Crippen molar-refractivity contribution in [2.45, 2.75) is 38.6 Å². The Kier molecular flexibility index (Phi) is 3.04. The number of aromatic nitrogens is 2. The molecule has 4 heteroatoms. The number of hydrogen-bond donors (Lipinski definition) is 1. The maximum atomic E-state index is 11.5. The highest BCUT2D eigenvalue weighted by molar-refractivity contribution is 5.10. The van der Waals surface area contributed by atoms with Crippen LogP contribution >= 0.6 is 0 Å². The molecule has 1 N–H and O–H groups in total. The van der Waals surface area contributed by atoms with Crippen LogP contribution in [0.3, 0.4) is 0 Å². The van der Waals surface area contributed by atoms with Gasteiger partial charge in [-0.05, 0) is 18.8 Å². The van der Waals surface area contributed by atoms with Crippen molar-refractivity contribution in [2.24, 2.45) is 5.92 Å². The third kappa shape index (κ3) is 2.58. The van der Waals surface area contributed by atoms with E-state index in [1.54, 1.807) is 0 Å². The lowest BCUT2D eigenvalue weighted by atomic mass is 9.89. The average Bonchev–Trinajstić information content (AvgIpc) is 2.24. The van der Waals surface area contributed by atoms with E-state index in [9.17, 15) is 4.79 Å². The van der Waals surface area contributed by atoms with Crippen molar-refractivity contribution < 1.29 is 5.11 Å². The van der Waals surface area contributed by atoms with Crippen LogP contribution in [0.5, 0.6) is 5.75 Å². The lowest BCUT2D eigenvalue weighted by Crippen LogP contribution is -2.26. The van der Waals surface area contributed by atoms with Crippen LogP contribution in [0, 0.1) is 5.92 Å². The topological polar surface area (TPSA) is 55.1 Å². The Bertz CT molecular complexity index is 380. The quantitative estimate of drug-likeness (QED) is 0.801. The van der Waals surface area contributed by atoms with Crippen LogP contribution in [-0.2, 0) is 6.54 Å². The fourth-order valence-corrected chi connectivity index (χ4v) is 2.18. The standard InChI is InChI=1S/C11H16N2O2/c14-10-6-11(15)13(12-7-10)8-9-4-2-1-3-5-9/h6-7,9,14H,1-5,8H2. The minimum absolute atomic E-state index is 0.0557. The predicted octanol–water partition coefficient (Wildman–Crippen LogP) is 1.53. The molecule has 1 aromatic rings. The molecule has 1 heterocycles. The van der Waals surface area contributed by atoms with Gasteiger partial charge in [-0.1, -0.05) is 19.3 Å². The van der Waals surface area contributed by atoms with E-state index in [1.165, 1.54) is 49.0 Å². The maximum Gasteiger partial charge on any atom is 0.270 e. The highest BCUT2D eigenvalue weighted by Crippen LogP contribution is 2.24. The zero-order valence-electron chi connectivity index (χ0n) is 8.72. The summed E-state index contributed by atoms with van der Waals surface area (Å²) in [6.07, 6.45) is 7.54. The van der Waals surface area contributed by atoms with Gasteiger partial charge in [0, 0.05) is 12.6 Å². The van der Waals surface area contributed by atoms with Crippen molar-refractivity contribution in [1.82, 2.24) is 9.78 Å². The van der Waals surface area contributed by atoms with E-state index in [2.05, 4.69) is 5.10 Å². The van der Waals surface area contributed by atoms with Gasteiger partial charge in [0.25, 0.3) is 5.56 Å². The van der Waals surface area contributed by atoms with E-state index in [0.29, 0.717) is 12.5 Å². The molecule has 1 aliphatic rings. The summed E-state index contributed by atoms with van der Waals surface area (Å²) < 4.78 is 1.45. The first kappa shape index (κ1) is 10.2. The van der Waals surface area contributed by atoms with Gasteiger partial charge in [0.15, 0.2) is 0 Å². The van der Waals surface area contributed by atoms with Gasteiger partial charge in [-0.15, -0.1) is 0 Å². The van der Waals surface area contributed by atoms with Crippen molar-refractivity contribution in [3.05, 3.63) is 22.6 Å². The van der Waals surface area contributed by atoms with Gasteiger partial charge in [0.2, 0.25) is 0 Å². The van der Waals surface area contributed by atoms with Crippen LogP contribution in [0.15, 0.2) is 17.1 Å². The second-order valence-corrected chi connectivity index (χ2v) is 4.24. The second kappa shape index (κ2) is 4.47. The first-order valence-electron chi connectivity index (χ1n) is 5.52. The minimum atomic E-state index is -0.208. The zero-order chi connectivity index (χ0) is 10.7. The minimum Gasteiger partial charge on any atom is -0.506 e. The van der Waals surface area contributed by atoms with Gasteiger partial charge in [-0.2, -0.15) is 5.10 Å². The van der Waals surface area contributed by atoms with Gasteiger partial charge in [-0.25, -0.2) is 4.68 Å². The third-order valence-corrected chi connectivity index (χ3v) is 3.01. The Hall–Kier alpha value is -1.32. The van der Waals surface area contributed by atoms with E-state index >= 15 is 0 Å². The lowest BCUT2D eigenvalue weighted by Gasteiger charge is -2.21. The molecule has 0 unspecified atom stereocenters. The second-order valence-electron chi connectivity index (χ2n) is 4.24. The molecule has 0 atom stereocenters. The fraction of sp³-hybridized carbons (Fsp3) is 0.636. The summed E-state index contributed by atoms with van der Waals surface area (Å²) in [6, 6.07) is 1.22. The highest BCUT2D eigenvalue weighted by atomic mass is 16.3. The first-order chi connectivity index (χ1) is 7.25.